The molecule has 1 saturated heterocycles. The van der Waals surface area contributed by atoms with Gasteiger partial charge >= 0.3 is 0 Å². The second-order valence-corrected chi connectivity index (χ2v) is 6.01. The Labute approximate surface area is 137 Å². The maximum absolute atomic E-state index is 10.1. The highest BCUT2D eigenvalue weighted by Crippen LogP contribution is 2.29. The molecule has 0 bridgehead atoms. The van der Waals surface area contributed by atoms with Crippen LogP contribution >= 0.6 is 0 Å². The summed E-state index contributed by atoms with van der Waals surface area (Å²) in [6.07, 6.45) is 6.69. The Morgan fingerprint density at radius 1 is 1.41 bits per heavy atom. The predicted molar refractivity (Wildman–Crippen MR) is 83.0 cm³/mol. The number of anilines is 2. The minimum Gasteiger partial charge on any atom is -1.00 e. The molecule has 2 unspecified atom stereocenters. The average Bonchev–Trinajstić information content (AvgIpc) is 3.00. The van der Waals surface area contributed by atoms with E-state index < -0.39 is 0 Å². The van der Waals surface area contributed by atoms with Gasteiger partial charge < -0.3 is 28.1 Å². The van der Waals surface area contributed by atoms with Gasteiger partial charge in [-0.1, -0.05) is 0 Å². The standard InChI is InChI=1S/C16H23N4O.ClH/c1-12-7-13(3-4-16(12)17)20-10-15(21)8-14(20)9-19-6-5-18(2)11-19;/h3-7,11,14-15,21H,8-10,17H2,1-2H3;1H/q+1;/p-1. The van der Waals surface area contributed by atoms with Crippen LogP contribution in [0.4, 0.5) is 11.4 Å². The number of benzene rings is 1. The van der Waals surface area contributed by atoms with E-state index in [2.05, 4.69) is 28.1 Å². The summed E-state index contributed by atoms with van der Waals surface area (Å²) >= 11 is 0. The third-order valence-electron chi connectivity index (χ3n) is 4.22. The van der Waals surface area contributed by atoms with Crippen LogP contribution in [0.3, 0.4) is 0 Å². The molecule has 2 heterocycles. The molecule has 1 aliphatic heterocycles. The molecular formula is C16H23ClN4O. The number of hydrogen-bond acceptors (Lipinski definition) is 3. The van der Waals surface area contributed by atoms with Crippen LogP contribution in [0, 0.1) is 6.92 Å². The molecule has 0 saturated carbocycles. The van der Waals surface area contributed by atoms with Gasteiger partial charge in [-0.15, -0.1) is 0 Å². The summed E-state index contributed by atoms with van der Waals surface area (Å²) < 4.78 is 4.20. The van der Waals surface area contributed by atoms with E-state index in [1.807, 2.05) is 36.9 Å². The number of imidazole rings is 1. The molecule has 0 spiro atoms. The van der Waals surface area contributed by atoms with E-state index in [1.54, 1.807) is 0 Å². The maximum Gasteiger partial charge on any atom is 0.243 e. The van der Waals surface area contributed by atoms with Crippen molar-refractivity contribution in [1.82, 2.24) is 4.57 Å². The van der Waals surface area contributed by atoms with Crippen molar-refractivity contribution in [3.8, 4) is 0 Å². The van der Waals surface area contributed by atoms with Gasteiger partial charge in [0.1, 0.15) is 18.9 Å². The lowest BCUT2D eigenvalue weighted by molar-refractivity contribution is -0.671. The van der Waals surface area contributed by atoms with Gasteiger partial charge in [0.25, 0.3) is 0 Å². The second-order valence-electron chi connectivity index (χ2n) is 6.01. The molecule has 5 nitrogen and oxygen atoms in total. The number of hydrogen-bond donors (Lipinski definition) is 2. The molecule has 2 atom stereocenters. The molecule has 120 valence electrons. The van der Waals surface area contributed by atoms with Crippen LogP contribution in [0.2, 0.25) is 0 Å². The van der Waals surface area contributed by atoms with Gasteiger partial charge in [-0.2, -0.15) is 0 Å². The largest absolute Gasteiger partial charge is 1.00 e. The van der Waals surface area contributed by atoms with Gasteiger partial charge in [-0.3, -0.25) is 0 Å². The molecule has 3 N–H and O–H groups in total. The van der Waals surface area contributed by atoms with Crippen molar-refractivity contribution in [3.05, 3.63) is 42.5 Å². The number of nitrogens with zero attached hydrogens (tertiary/aromatic N) is 3. The number of β-amino-alcohol motifs (C(OH)–C–C–N with tert-alkyl or cyclic N) is 1. The second kappa shape index (κ2) is 6.58. The lowest BCUT2D eigenvalue weighted by Crippen LogP contribution is -3.00. The van der Waals surface area contributed by atoms with E-state index in [1.165, 1.54) is 0 Å². The highest BCUT2D eigenvalue weighted by Gasteiger charge is 2.32. The number of aryl methyl sites for hydroxylation is 2. The summed E-state index contributed by atoms with van der Waals surface area (Å²) in [5, 5.41) is 10.1. The minimum absolute atomic E-state index is 0. The number of nitrogens with two attached hydrogens (primary N) is 1. The molecule has 0 aliphatic carbocycles. The van der Waals surface area contributed by atoms with Gasteiger partial charge in [-0.25, -0.2) is 9.13 Å². The van der Waals surface area contributed by atoms with Gasteiger partial charge in [0.05, 0.1) is 19.2 Å². The van der Waals surface area contributed by atoms with Crippen LogP contribution in [-0.4, -0.2) is 28.4 Å². The first-order chi connectivity index (χ1) is 10.0. The van der Waals surface area contributed by atoms with Crippen molar-refractivity contribution in [2.24, 2.45) is 7.05 Å². The molecule has 0 amide bonds. The van der Waals surface area contributed by atoms with E-state index >= 15 is 0 Å². The molecule has 3 rings (SSSR count). The Balaban J connectivity index is 0.00000176. The number of rotatable bonds is 3. The molecule has 22 heavy (non-hydrogen) atoms. The van der Waals surface area contributed by atoms with Crippen molar-refractivity contribution >= 4 is 11.4 Å². The normalized spacial score (nSPS) is 21.0. The van der Waals surface area contributed by atoms with E-state index in [9.17, 15) is 5.11 Å². The lowest BCUT2D eigenvalue weighted by Gasteiger charge is -2.26. The Morgan fingerprint density at radius 2 is 2.18 bits per heavy atom. The van der Waals surface area contributed by atoms with Crippen molar-refractivity contribution in [2.45, 2.75) is 32.0 Å². The highest BCUT2D eigenvalue weighted by molar-refractivity contribution is 5.59. The van der Waals surface area contributed by atoms with E-state index in [-0.39, 0.29) is 18.5 Å². The summed E-state index contributed by atoms with van der Waals surface area (Å²) in [7, 11) is 2.01. The smallest absolute Gasteiger partial charge is 0.243 e. The van der Waals surface area contributed by atoms with E-state index in [0.29, 0.717) is 12.6 Å². The minimum atomic E-state index is -0.267. The predicted octanol–water partition coefficient (Wildman–Crippen LogP) is -2.15. The first-order valence-electron chi connectivity index (χ1n) is 7.35. The molecule has 1 aliphatic rings. The van der Waals surface area contributed by atoms with Crippen molar-refractivity contribution < 1.29 is 22.1 Å². The number of aliphatic hydroxyl groups is 1. The number of aromatic nitrogens is 2. The fourth-order valence-electron chi connectivity index (χ4n) is 3.07. The topological polar surface area (TPSA) is 58.3 Å². The number of aliphatic hydroxyl groups excluding tert-OH is 1. The van der Waals surface area contributed by atoms with Crippen molar-refractivity contribution in [3.63, 3.8) is 0 Å². The monoisotopic (exact) mass is 322 g/mol. The van der Waals surface area contributed by atoms with Crippen LogP contribution < -0.4 is 27.6 Å². The molecule has 6 heteroatoms. The van der Waals surface area contributed by atoms with Crippen LogP contribution in [-0.2, 0) is 13.6 Å². The quantitative estimate of drug-likeness (QED) is 0.500. The summed E-state index contributed by atoms with van der Waals surface area (Å²) in [4.78, 5) is 2.29. The van der Waals surface area contributed by atoms with Crippen LogP contribution in [0.15, 0.2) is 36.9 Å². The SMILES string of the molecule is Cc1cc(N2CC(O)CC2Cn2cc[n+](C)c2)ccc1N.[Cl-]. The molecule has 1 aromatic carbocycles. The van der Waals surface area contributed by atoms with Crippen molar-refractivity contribution in [2.75, 3.05) is 17.2 Å². The fraction of sp³-hybridized carbons (Fsp3) is 0.438. The Kier molecular flexibility index (Phi) is 4.98. The van der Waals surface area contributed by atoms with Gasteiger partial charge in [0.15, 0.2) is 0 Å². The molecular weight excluding hydrogens is 300 g/mol. The Morgan fingerprint density at radius 3 is 2.82 bits per heavy atom. The van der Waals surface area contributed by atoms with Crippen molar-refractivity contribution in [1.29, 1.82) is 0 Å². The Hall–Kier alpha value is -1.72. The van der Waals surface area contributed by atoms with Gasteiger partial charge in [0, 0.05) is 17.9 Å². The summed E-state index contributed by atoms with van der Waals surface area (Å²) in [5.74, 6) is 0. The zero-order valence-electron chi connectivity index (χ0n) is 13.0. The molecule has 0 radical (unpaired) electrons. The first-order valence-corrected chi connectivity index (χ1v) is 7.35. The number of nitrogen functional groups attached to an aromatic ring is 1. The summed E-state index contributed by atoms with van der Waals surface area (Å²) in [6.45, 7) is 3.58. The number of halogens is 1. The summed E-state index contributed by atoms with van der Waals surface area (Å²) in [6, 6.07) is 6.40. The first kappa shape index (κ1) is 16.6. The van der Waals surface area contributed by atoms with Crippen LogP contribution in [0.5, 0.6) is 0 Å². The Bertz CT molecular complexity index is 643. The molecule has 1 fully saturated rings. The third-order valence-corrected chi connectivity index (χ3v) is 4.22. The zero-order valence-corrected chi connectivity index (χ0v) is 13.7. The third kappa shape index (κ3) is 3.36. The van der Waals surface area contributed by atoms with Crippen LogP contribution in [0.1, 0.15) is 12.0 Å². The van der Waals surface area contributed by atoms with Gasteiger partial charge in [0.2, 0.25) is 6.33 Å². The summed E-state index contributed by atoms with van der Waals surface area (Å²) in [5.41, 5.74) is 8.94. The highest BCUT2D eigenvalue weighted by atomic mass is 35.5. The molecule has 1 aromatic heterocycles. The van der Waals surface area contributed by atoms with Gasteiger partial charge in [-0.05, 0) is 37.1 Å². The maximum atomic E-state index is 10.1. The zero-order chi connectivity index (χ0) is 15.0. The average molecular weight is 323 g/mol. The van der Waals surface area contributed by atoms with E-state index in [4.69, 9.17) is 5.73 Å². The van der Waals surface area contributed by atoms with Crippen LogP contribution in [0.25, 0.3) is 0 Å². The van der Waals surface area contributed by atoms with E-state index in [0.717, 1.165) is 29.9 Å². The molecule has 2 aromatic rings. The fourth-order valence-corrected chi connectivity index (χ4v) is 3.07. The lowest BCUT2D eigenvalue weighted by atomic mass is 10.1.